The standard InChI is InChI=1S/C11H18N2O2/c12-15-9-10-3-5-13(6-4-10)8-11-2-1-7-14-11/h1-2,7,10H,3-6,8-9,12H2. The second kappa shape index (κ2) is 5.30. The Bertz CT molecular complexity index is 266. The molecule has 2 rings (SSSR count). The summed E-state index contributed by atoms with van der Waals surface area (Å²) in [4.78, 5) is 7.09. The first kappa shape index (κ1) is 10.7. The van der Waals surface area contributed by atoms with E-state index in [1.807, 2.05) is 12.1 Å². The molecule has 0 aromatic carbocycles. The van der Waals surface area contributed by atoms with E-state index in [-0.39, 0.29) is 0 Å². The first-order valence-corrected chi connectivity index (χ1v) is 5.45. The van der Waals surface area contributed by atoms with Crippen molar-refractivity contribution in [3.63, 3.8) is 0 Å². The summed E-state index contributed by atoms with van der Waals surface area (Å²) >= 11 is 0. The van der Waals surface area contributed by atoms with Crippen molar-refractivity contribution in [2.24, 2.45) is 11.8 Å². The molecule has 2 heterocycles. The third-order valence-electron chi connectivity index (χ3n) is 3.00. The molecule has 0 aliphatic carbocycles. The second-order valence-corrected chi connectivity index (χ2v) is 4.13. The van der Waals surface area contributed by atoms with Gasteiger partial charge in [0.25, 0.3) is 0 Å². The van der Waals surface area contributed by atoms with E-state index in [0.29, 0.717) is 12.5 Å². The molecule has 4 nitrogen and oxygen atoms in total. The van der Waals surface area contributed by atoms with E-state index in [1.54, 1.807) is 6.26 Å². The van der Waals surface area contributed by atoms with Crippen LogP contribution in [0.5, 0.6) is 0 Å². The van der Waals surface area contributed by atoms with Crippen LogP contribution in [-0.2, 0) is 11.4 Å². The Balaban J connectivity index is 1.74. The molecular formula is C11H18N2O2. The van der Waals surface area contributed by atoms with Gasteiger partial charge in [-0.05, 0) is 44.0 Å². The van der Waals surface area contributed by atoms with Gasteiger partial charge in [-0.25, -0.2) is 5.90 Å². The summed E-state index contributed by atoms with van der Waals surface area (Å²) in [7, 11) is 0. The quantitative estimate of drug-likeness (QED) is 0.763. The maximum Gasteiger partial charge on any atom is 0.117 e. The van der Waals surface area contributed by atoms with Crippen LogP contribution < -0.4 is 5.90 Å². The summed E-state index contributed by atoms with van der Waals surface area (Å²) in [5, 5.41) is 0. The number of nitrogens with zero attached hydrogens (tertiary/aromatic N) is 1. The number of hydrogen-bond acceptors (Lipinski definition) is 4. The largest absolute Gasteiger partial charge is 0.468 e. The Hall–Kier alpha value is -0.840. The Labute approximate surface area is 89.9 Å². The van der Waals surface area contributed by atoms with Crippen LogP contribution in [0.2, 0.25) is 0 Å². The summed E-state index contributed by atoms with van der Waals surface area (Å²) in [6, 6.07) is 3.96. The molecule has 1 saturated heterocycles. The van der Waals surface area contributed by atoms with Crippen molar-refractivity contribution in [2.45, 2.75) is 19.4 Å². The highest BCUT2D eigenvalue weighted by molar-refractivity contribution is 4.98. The van der Waals surface area contributed by atoms with Crippen molar-refractivity contribution in [3.8, 4) is 0 Å². The zero-order valence-corrected chi connectivity index (χ0v) is 8.89. The minimum absolute atomic E-state index is 0.628. The van der Waals surface area contributed by atoms with Gasteiger partial charge in [0.1, 0.15) is 5.76 Å². The number of nitrogens with two attached hydrogens (primary N) is 1. The monoisotopic (exact) mass is 210 g/mol. The second-order valence-electron chi connectivity index (χ2n) is 4.13. The number of rotatable bonds is 4. The highest BCUT2D eigenvalue weighted by atomic mass is 16.6. The van der Waals surface area contributed by atoms with Crippen molar-refractivity contribution in [1.29, 1.82) is 0 Å². The summed E-state index contributed by atoms with van der Waals surface area (Å²) in [5.74, 6) is 6.75. The number of furan rings is 1. The van der Waals surface area contributed by atoms with Crippen molar-refractivity contribution in [2.75, 3.05) is 19.7 Å². The van der Waals surface area contributed by atoms with Crippen LogP contribution in [0.1, 0.15) is 18.6 Å². The van der Waals surface area contributed by atoms with Crippen molar-refractivity contribution in [1.82, 2.24) is 4.90 Å². The van der Waals surface area contributed by atoms with Crippen LogP contribution in [0.15, 0.2) is 22.8 Å². The Morgan fingerprint density at radius 1 is 1.47 bits per heavy atom. The van der Waals surface area contributed by atoms with E-state index in [9.17, 15) is 0 Å². The zero-order valence-electron chi connectivity index (χ0n) is 8.89. The Morgan fingerprint density at radius 3 is 2.87 bits per heavy atom. The number of likely N-dealkylation sites (tertiary alicyclic amines) is 1. The molecule has 0 spiro atoms. The van der Waals surface area contributed by atoms with Gasteiger partial charge in [0.05, 0.1) is 19.4 Å². The minimum Gasteiger partial charge on any atom is -0.468 e. The van der Waals surface area contributed by atoms with E-state index >= 15 is 0 Å². The fourth-order valence-electron chi connectivity index (χ4n) is 2.07. The fraction of sp³-hybridized carbons (Fsp3) is 0.636. The summed E-state index contributed by atoms with van der Waals surface area (Å²) in [5.41, 5.74) is 0. The third-order valence-corrected chi connectivity index (χ3v) is 3.00. The molecule has 1 aliphatic rings. The summed E-state index contributed by atoms with van der Waals surface area (Å²) < 4.78 is 5.32. The summed E-state index contributed by atoms with van der Waals surface area (Å²) in [6.07, 6.45) is 4.06. The van der Waals surface area contributed by atoms with Gasteiger partial charge in [0, 0.05) is 0 Å². The molecule has 1 aromatic rings. The third kappa shape index (κ3) is 3.06. The minimum atomic E-state index is 0.628. The zero-order chi connectivity index (χ0) is 10.5. The van der Waals surface area contributed by atoms with Gasteiger partial charge in [-0.3, -0.25) is 4.90 Å². The van der Waals surface area contributed by atoms with Gasteiger partial charge in [0.15, 0.2) is 0 Å². The van der Waals surface area contributed by atoms with E-state index in [2.05, 4.69) is 9.74 Å². The molecule has 0 saturated carbocycles. The van der Waals surface area contributed by atoms with E-state index in [0.717, 1.165) is 38.2 Å². The Morgan fingerprint density at radius 2 is 2.27 bits per heavy atom. The highest BCUT2D eigenvalue weighted by Gasteiger charge is 2.19. The van der Waals surface area contributed by atoms with Crippen LogP contribution in [0.4, 0.5) is 0 Å². The molecule has 15 heavy (non-hydrogen) atoms. The molecule has 0 bridgehead atoms. The van der Waals surface area contributed by atoms with Crippen LogP contribution >= 0.6 is 0 Å². The van der Waals surface area contributed by atoms with Gasteiger partial charge in [0.2, 0.25) is 0 Å². The fourth-order valence-corrected chi connectivity index (χ4v) is 2.07. The van der Waals surface area contributed by atoms with Crippen molar-refractivity contribution >= 4 is 0 Å². The molecule has 0 amide bonds. The van der Waals surface area contributed by atoms with Crippen molar-refractivity contribution < 1.29 is 9.25 Å². The lowest BCUT2D eigenvalue weighted by Crippen LogP contribution is -2.34. The lowest BCUT2D eigenvalue weighted by molar-refractivity contribution is 0.0642. The van der Waals surface area contributed by atoms with E-state index in [4.69, 9.17) is 10.3 Å². The molecule has 0 radical (unpaired) electrons. The smallest absolute Gasteiger partial charge is 0.117 e. The van der Waals surface area contributed by atoms with Crippen molar-refractivity contribution in [3.05, 3.63) is 24.2 Å². The normalized spacial score (nSPS) is 19.5. The van der Waals surface area contributed by atoms with Crippen LogP contribution in [0.3, 0.4) is 0 Å². The van der Waals surface area contributed by atoms with Gasteiger partial charge in [-0.15, -0.1) is 0 Å². The molecule has 1 aromatic heterocycles. The van der Waals surface area contributed by atoms with E-state index < -0.39 is 0 Å². The molecule has 1 aliphatic heterocycles. The maximum absolute atomic E-state index is 5.32. The van der Waals surface area contributed by atoms with Crippen LogP contribution in [0.25, 0.3) is 0 Å². The lowest BCUT2D eigenvalue weighted by atomic mass is 9.98. The average Bonchev–Trinajstić information content (AvgIpc) is 2.74. The lowest BCUT2D eigenvalue weighted by Gasteiger charge is -2.30. The SMILES string of the molecule is NOCC1CCN(Cc2ccco2)CC1. The van der Waals surface area contributed by atoms with E-state index in [1.165, 1.54) is 0 Å². The maximum atomic E-state index is 5.32. The Kier molecular flexibility index (Phi) is 3.77. The van der Waals surface area contributed by atoms with Gasteiger partial charge in [-0.2, -0.15) is 0 Å². The molecule has 4 heteroatoms. The molecule has 84 valence electrons. The topological polar surface area (TPSA) is 51.6 Å². The molecule has 0 atom stereocenters. The predicted octanol–water partition coefficient (Wildman–Crippen LogP) is 1.38. The van der Waals surface area contributed by atoms with Gasteiger partial charge < -0.3 is 9.25 Å². The molecule has 0 unspecified atom stereocenters. The molecular weight excluding hydrogens is 192 g/mol. The number of piperidine rings is 1. The first-order chi connectivity index (χ1) is 7.38. The highest BCUT2D eigenvalue weighted by Crippen LogP contribution is 2.18. The van der Waals surface area contributed by atoms with Gasteiger partial charge >= 0.3 is 0 Å². The molecule has 2 N–H and O–H groups in total. The average molecular weight is 210 g/mol. The summed E-state index contributed by atoms with van der Waals surface area (Å²) in [6.45, 7) is 3.82. The van der Waals surface area contributed by atoms with Crippen LogP contribution in [-0.4, -0.2) is 24.6 Å². The predicted molar refractivity (Wildman–Crippen MR) is 56.8 cm³/mol. The first-order valence-electron chi connectivity index (χ1n) is 5.45. The number of hydrogen-bond donors (Lipinski definition) is 1. The van der Waals surface area contributed by atoms with Crippen LogP contribution in [0, 0.1) is 5.92 Å². The molecule has 1 fully saturated rings. The van der Waals surface area contributed by atoms with Gasteiger partial charge in [-0.1, -0.05) is 0 Å².